The summed E-state index contributed by atoms with van der Waals surface area (Å²) < 4.78 is 5.73. The Kier molecular flexibility index (Phi) is 3.34. The van der Waals surface area contributed by atoms with Gasteiger partial charge in [0.2, 0.25) is 8.32 Å². The van der Waals surface area contributed by atoms with Crippen molar-refractivity contribution in [3.05, 3.63) is 28.8 Å². The first-order valence-electron chi connectivity index (χ1n) is 4.37. The van der Waals surface area contributed by atoms with Crippen LogP contribution >= 0.6 is 11.6 Å². The molecule has 0 bridgehead atoms. The monoisotopic (exact) mass is 228 g/mol. The molecule has 0 aliphatic rings. The van der Waals surface area contributed by atoms with E-state index in [0.29, 0.717) is 16.3 Å². The molecule has 1 aromatic rings. The highest BCUT2D eigenvalue weighted by Crippen LogP contribution is 2.26. The van der Waals surface area contributed by atoms with Crippen LogP contribution in [-0.2, 0) is 0 Å². The van der Waals surface area contributed by atoms with Crippen molar-refractivity contribution >= 4 is 26.2 Å². The Morgan fingerprint density at radius 2 is 2.00 bits per heavy atom. The molecule has 0 aromatic heterocycles. The number of carbonyl (C=O) groups excluding carboxylic acids is 1. The number of halogens is 1. The number of aldehydes is 1. The summed E-state index contributed by atoms with van der Waals surface area (Å²) in [7, 11) is -1.69. The second-order valence-corrected chi connectivity index (χ2v) is 8.82. The van der Waals surface area contributed by atoms with Crippen LogP contribution in [0.25, 0.3) is 0 Å². The molecular weight excluding hydrogens is 216 g/mol. The second kappa shape index (κ2) is 4.15. The predicted octanol–water partition coefficient (Wildman–Crippen LogP) is 3.37. The van der Waals surface area contributed by atoms with Crippen LogP contribution in [0, 0.1) is 0 Å². The highest BCUT2D eigenvalue weighted by molar-refractivity contribution is 6.70. The summed E-state index contributed by atoms with van der Waals surface area (Å²) in [5, 5.41) is 0.441. The molecular formula is C10H13ClO2Si. The largest absolute Gasteiger partial charge is 0.544 e. The molecule has 0 N–H and O–H groups in total. The van der Waals surface area contributed by atoms with Gasteiger partial charge in [0.15, 0.2) is 6.29 Å². The molecule has 0 heterocycles. The summed E-state index contributed by atoms with van der Waals surface area (Å²) in [5.74, 6) is 0.590. The summed E-state index contributed by atoms with van der Waals surface area (Å²) in [4.78, 5) is 10.8. The Morgan fingerprint density at radius 3 is 2.50 bits per heavy atom. The standard InChI is InChI=1S/C10H13ClO2Si/c1-14(2,3)13-10-6-4-5-9(11)8(10)7-12/h4-7H,1-3H3. The Hall–Kier alpha value is -0.803. The van der Waals surface area contributed by atoms with Crippen LogP contribution in [0.2, 0.25) is 24.7 Å². The maximum Gasteiger partial charge on any atom is 0.242 e. The van der Waals surface area contributed by atoms with Crippen LogP contribution < -0.4 is 4.43 Å². The Labute approximate surface area is 90.0 Å². The van der Waals surface area contributed by atoms with Crippen molar-refractivity contribution < 1.29 is 9.22 Å². The fourth-order valence-electron chi connectivity index (χ4n) is 1.05. The van der Waals surface area contributed by atoms with Gasteiger partial charge in [-0.2, -0.15) is 0 Å². The van der Waals surface area contributed by atoms with Gasteiger partial charge in [-0.05, 0) is 31.8 Å². The summed E-state index contributed by atoms with van der Waals surface area (Å²) in [5.41, 5.74) is 0.441. The van der Waals surface area contributed by atoms with E-state index in [4.69, 9.17) is 16.0 Å². The summed E-state index contributed by atoms with van der Waals surface area (Å²) in [6.45, 7) is 6.17. The van der Waals surface area contributed by atoms with E-state index in [1.54, 1.807) is 18.2 Å². The minimum atomic E-state index is -1.69. The van der Waals surface area contributed by atoms with Crippen molar-refractivity contribution in [2.24, 2.45) is 0 Å². The van der Waals surface area contributed by atoms with E-state index in [2.05, 4.69) is 19.6 Å². The topological polar surface area (TPSA) is 26.3 Å². The molecule has 0 fully saturated rings. The lowest BCUT2D eigenvalue weighted by atomic mass is 10.2. The number of hydrogen-bond acceptors (Lipinski definition) is 2. The Bertz CT molecular complexity index is 344. The van der Waals surface area contributed by atoms with Gasteiger partial charge in [-0.25, -0.2) is 0 Å². The van der Waals surface area contributed by atoms with E-state index in [0.717, 1.165) is 6.29 Å². The van der Waals surface area contributed by atoms with Crippen molar-refractivity contribution in [2.45, 2.75) is 19.6 Å². The van der Waals surface area contributed by atoms with Crippen molar-refractivity contribution in [1.29, 1.82) is 0 Å². The van der Waals surface area contributed by atoms with Gasteiger partial charge in [0, 0.05) is 0 Å². The van der Waals surface area contributed by atoms with E-state index in [1.165, 1.54) is 0 Å². The summed E-state index contributed by atoms with van der Waals surface area (Å²) in [6.07, 6.45) is 0.734. The highest BCUT2D eigenvalue weighted by atomic mass is 35.5. The zero-order valence-corrected chi connectivity index (χ0v) is 10.3. The lowest BCUT2D eigenvalue weighted by molar-refractivity contribution is 0.112. The third kappa shape index (κ3) is 2.85. The molecule has 1 rings (SSSR count). The second-order valence-electron chi connectivity index (χ2n) is 3.98. The first-order chi connectivity index (χ1) is 6.44. The number of hydrogen-bond donors (Lipinski definition) is 0. The van der Waals surface area contributed by atoms with Crippen LogP contribution in [0.4, 0.5) is 0 Å². The third-order valence-corrected chi connectivity index (χ3v) is 2.71. The molecule has 1 aromatic carbocycles. The van der Waals surface area contributed by atoms with E-state index in [1.807, 2.05) is 0 Å². The van der Waals surface area contributed by atoms with Gasteiger partial charge in [0.1, 0.15) is 5.75 Å². The van der Waals surface area contributed by atoms with Crippen molar-refractivity contribution in [1.82, 2.24) is 0 Å². The predicted molar refractivity (Wildman–Crippen MR) is 60.8 cm³/mol. The van der Waals surface area contributed by atoms with Crippen LogP contribution in [0.3, 0.4) is 0 Å². The average Bonchev–Trinajstić information content (AvgIpc) is 2.01. The van der Waals surface area contributed by atoms with Gasteiger partial charge in [0.25, 0.3) is 0 Å². The summed E-state index contributed by atoms with van der Waals surface area (Å²) >= 11 is 5.86. The zero-order valence-electron chi connectivity index (χ0n) is 8.50. The molecule has 0 saturated heterocycles. The maximum absolute atomic E-state index is 10.8. The lowest BCUT2D eigenvalue weighted by Crippen LogP contribution is -2.29. The fourth-order valence-corrected chi connectivity index (χ4v) is 2.10. The molecule has 14 heavy (non-hydrogen) atoms. The van der Waals surface area contributed by atoms with Gasteiger partial charge < -0.3 is 4.43 Å². The van der Waals surface area contributed by atoms with E-state index in [-0.39, 0.29) is 0 Å². The van der Waals surface area contributed by atoms with Gasteiger partial charge in [0.05, 0.1) is 10.6 Å². The Balaban J connectivity index is 3.08. The summed E-state index contributed by atoms with van der Waals surface area (Å²) in [6, 6.07) is 5.24. The normalized spacial score (nSPS) is 11.1. The minimum absolute atomic E-state index is 0.441. The van der Waals surface area contributed by atoms with Gasteiger partial charge in [-0.1, -0.05) is 17.7 Å². The lowest BCUT2D eigenvalue weighted by Gasteiger charge is -2.20. The smallest absolute Gasteiger partial charge is 0.242 e. The van der Waals surface area contributed by atoms with Gasteiger partial charge in [-0.15, -0.1) is 0 Å². The molecule has 0 atom stereocenters. The number of carbonyl (C=O) groups is 1. The van der Waals surface area contributed by atoms with E-state index in [9.17, 15) is 4.79 Å². The molecule has 0 radical (unpaired) electrons. The van der Waals surface area contributed by atoms with Crippen molar-refractivity contribution in [3.63, 3.8) is 0 Å². The zero-order chi connectivity index (χ0) is 10.8. The highest BCUT2D eigenvalue weighted by Gasteiger charge is 2.18. The Morgan fingerprint density at radius 1 is 1.36 bits per heavy atom. The van der Waals surface area contributed by atoms with E-state index < -0.39 is 8.32 Å². The number of rotatable bonds is 3. The number of benzene rings is 1. The van der Waals surface area contributed by atoms with Crippen molar-refractivity contribution in [2.75, 3.05) is 0 Å². The van der Waals surface area contributed by atoms with Crippen LogP contribution in [0.15, 0.2) is 18.2 Å². The SMILES string of the molecule is C[Si](C)(C)Oc1cccc(Cl)c1C=O. The van der Waals surface area contributed by atoms with Crippen LogP contribution in [-0.4, -0.2) is 14.6 Å². The molecule has 0 unspecified atom stereocenters. The van der Waals surface area contributed by atoms with Crippen LogP contribution in [0.1, 0.15) is 10.4 Å². The average molecular weight is 229 g/mol. The molecule has 76 valence electrons. The van der Waals surface area contributed by atoms with Gasteiger partial charge >= 0.3 is 0 Å². The fraction of sp³-hybridized carbons (Fsp3) is 0.300. The first-order valence-corrected chi connectivity index (χ1v) is 8.15. The molecule has 0 spiro atoms. The van der Waals surface area contributed by atoms with Crippen molar-refractivity contribution in [3.8, 4) is 5.75 Å². The molecule has 0 amide bonds. The maximum atomic E-state index is 10.8. The van der Waals surface area contributed by atoms with E-state index >= 15 is 0 Å². The third-order valence-electron chi connectivity index (χ3n) is 1.55. The molecule has 0 aliphatic carbocycles. The first kappa shape index (κ1) is 11.3. The minimum Gasteiger partial charge on any atom is -0.544 e. The molecule has 4 heteroatoms. The molecule has 0 aliphatic heterocycles. The molecule has 2 nitrogen and oxygen atoms in total. The quantitative estimate of drug-likeness (QED) is 0.586. The molecule has 0 saturated carbocycles. The van der Waals surface area contributed by atoms with Gasteiger partial charge in [-0.3, -0.25) is 4.79 Å². The van der Waals surface area contributed by atoms with Crippen LogP contribution in [0.5, 0.6) is 5.75 Å².